The van der Waals surface area contributed by atoms with E-state index in [2.05, 4.69) is 33.4 Å². The van der Waals surface area contributed by atoms with Gasteiger partial charge in [-0.1, -0.05) is 13.0 Å². The molecule has 1 fully saturated rings. The van der Waals surface area contributed by atoms with E-state index in [-0.39, 0.29) is 5.91 Å². The number of benzene rings is 1. The van der Waals surface area contributed by atoms with Crippen molar-refractivity contribution in [1.29, 1.82) is 0 Å². The Labute approximate surface area is 149 Å². The van der Waals surface area contributed by atoms with Gasteiger partial charge in [-0.3, -0.25) is 4.79 Å². The predicted molar refractivity (Wildman–Crippen MR) is 101 cm³/mol. The van der Waals surface area contributed by atoms with Gasteiger partial charge < -0.3 is 10.2 Å². The second kappa shape index (κ2) is 7.64. The van der Waals surface area contributed by atoms with E-state index in [9.17, 15) is 4.79 Å². The summed E-state index contributed by atoms with van der Waals surface area (Å²) in [6.45, 7) is 7.25. The van der Waals surface area contributed by atoms with Gasteiger partial charge in [0.05, 0.1) is 0 Å². The first-order valence-corrected chi connectivity index (χ1v) is 9.07. The van der Waals surface area contributed by atoms with Gasteiger partial charge in [-0.2, -0.15) is 0 Å². The lowest BCUT2D eigenvalue weighted by atomic mass is 10.0. The van der Waals surface area contributed by atoms with E-state index in [0.29, 0.717) is 11.7 Å². The third-order valence-electron chi connectivity index (χ3n) is 4.76. The van der Waals surface area contributed by atoms with Crippen LogP contribution in [0.25, 0.3) is 0 Å². The summed E-state index contributed by atoms with van der Waals surface area (Å²) in [5.41, 5.74) is 3.36. The molecular formula is C20H26N4O. The van der Waals surface area contributed by atoms with Crippen molar-refractivity contribution in [3.63, 3.8) is 0 Å². The molecular weight excluding hydrogens is 312 g/mol. The zero-order valence-electron chi connectivity index (χ0n) is 15.2. The molecule has 0 saturated carbocycles. The lowest BCUT2D eigenvalue weighted by molar-refractivity contribution is 0.102. The average molecular weight is 338 g/mol. The highest BCUT2D eigenvalue weighted by Crippen LogP contribution is 2.24. The van der Waals surface area contributed by atoms with Crippen molar-refractivity contribution in [3.05, 3.63) is 47.2 Å². The molecule has 0 spiro atoms. The number of aromatic nitrogens is 2. The van der Waals surface area contributed by atoms with Crippen LogP contribution in [0.15, 0.2) is 30.3 Å². The average Bonchev–Trinajstić information content (AvgIpc) is 2.61. The van der Waals surface area contributed by atoms with Crippen LogP contribution in [-0.2, 0) is 0 Å². The van der Waals surface area contributed by atoms with Crippen LogP contribution in [0.5, 0.6) is 0 Å². The molecule has 1 aliphatic heterocycles. The molecule has 2 heterocycles. The first kappa shape index (κ1) is 17.4. The maximum atomic E-state index is 12.4. The molecule has 0 aliphatic carbocycles. The number of nitrogens with zero attached hydrogens (tertiary/aromatic N) is 3. The van der Waals surface area contributed by atoms with E-state index >= 15 is 0 Å². The summed E-state index contributed by atoms with van der Waals surface area (Å²) in [5, 5.41) is 11.4. The number of carbonyl (C=O) groups is 1. The van der Waals surface area contributed by atoms with Crippen LogP contribution in [-0.4, -0.2) is 28.7 Å². The summed E-state index contributed by atoms with van der Waals surface area (Å²) in [5.74, 6) is 0.643. The summed E-state index contributed by atoms with van der Waals surface area (Å²) in [7, 11) is 0. The van der Waals surface area contributed by atoms with Crippen LogP contribution in [0.3, 0.4) is 0 Å². The number of aryl methyl sites for hydroxylation is 2. The normalized spacial score (nSPS) is 17.4. The number of hydrogen-bond donors (Lipinski definition) is 1. The quantitative estimate of drug-likeness (QED) is 0.911. The molecule has 1 aliphatic rings. The minimum Gasteiger partial charge on any atom is -0.352 e. The Balaban J connectivity index is 1.72. The number of carbonyl (C=O) groups excluding carboxylic acids is 1. The Bertz CT molecular complexity index is 722. The molecule has 0 radical (unpaired) electrons. The number of hydrogen-bond acceptors (Lipinski definition) is 4. The number of nitrogens with one attached hydrogen (secondary N) is 1. The lowest BCUT2D eigenvalue weighted by Gasteiger charge is -2.35. The molecule has 1 atom stereocenters. The van der Waals surface area contributed by atoms with E-state index in [1.165, 1.54) is 19.3 Å². The summed E-state index contributed by atoms with van der Waals surface area (Å²) in [6.07, 6.45) is 4.77. The molecule has 0 bridgehead atoms. The molecule has 1 aromatic carbocycles. The summed E-state index contributed by atoms with van der Waals surface area (Å²) < 4.78 is 0. The van der Waals surface area contributed by atoms with Gasteiger partial charge in [0, 0.05) is 18.3 Å². The van der Waals surface area contributed by atoms with Gasteiger partial charge >= 0.3 is 0 Å². The molecule has 3 rings (SSSR count). The molecule has 1 N–H and O–H groups in total. The maximum Gasteiger partial charge on any atom is 0.276 e. The molecule has 1 unspecified atom stereocenters. The van der Waals surface area contributed by atoms with Gasteiger partial charge in [0.15, 0.2) is 11.5 Å². The van der Waals surface area contributed by atoms with Gasteiger partial charge in [0.25, 0.3) is 5.91 Å². The SMILES string of the molecule is CCC1CCCCN1c1ccc(C(=O)Nc2cc(C)cc(C)c2)nn1. The summed E-state index contributed by atoms with van der Waals surface area (Å²) in [6, 6.07) is 10.2. The number of anilines is 2. The Kier molecular flexibility index (Phi) is 5.31. The van der Waals surface area contributed by atoms with Crippen molar-refractivity contribution in [2.24, 2.45) is 0 Å². The second-order valence-corrected chi connectivity index (χ2v) is 6.86. The fourth-order valence-electron chi connectivity index (χ4n) is 3.57. The third kappa shape index (κ3) is 4.16. The number of amides is 1. The standard InChI is InChI=1S/C20H26N4O/c1-4-17-7-5-6-10-24(17)19-9-8-18(22-23-19)20(25)21-16-12-14(2)11-15(3)13-16/h8-9,11-13,17H,4-7,10H2,1-3H3,(H,21,25). The summed E-state index contributed by atoms with van der Waals surface area (Å²) >= 11 is 0. The Morgan fingerprint density at radius 2 is 1.92 bits per heavy atom. The fraction of sp³-hybridized carbons (Fsp3) is 0.450. The molecule has 2 aromatic rings. The van der Waals surface area contributed by atoms with Crippen molar-refractivity contribution in [3.8, 4) is 0 Å². The van der Waals surface area contributed by atoms with E-state index < -0.39 is 0 Å². The number of piperidine rings is 1. The molecule has 1 saturated heterocycles. The molecule has 132 valence electrons. The number of rotatable bonds is 4. The predicted octanol–water partition coefficient (Wildman–Crippen LogP) is 4.11. The minimum absolute atomic E-state index is 0.227. The fourth-order valence-corrected chi connectivity index (χ4v) is 3.57. The van der Waals surface area contributed by atoms with Gasteiger partial charge in [0.2, 0.25) is 0 Å². The Morgan fingerprint density at radius 1 is 1.16 bits per heavy atom. The highest BCUT2D eigenvalue weighted by Gasteiger charge is 2.22. The van der Waals surface area contributed by atoms with E-state index in [4.69, 9.17) is 0 Å². The summed E-state index contributed by atoms with van der Waals surface area (Å²) in [4.78, 5) is 14.7. The van der Waals surface area contributed by atoms with Crippen LogP contribution in [0.4, 0.5) is 11.5 Å². The largest absolute Gasteiger partial charge is 0.352 e. The highest BCUT2D eigenvalue weighted by atomic mass is 16.1. The van der Waals surface area contributed by atoms with Crippen molar-refractivity contribution in [2.45, 2.75) is 52.5 Å². The van der Waals surface area contributed by atoms with Gasteiger partial charge in [-0.25, -0.2) is 0 Å². The molecule has 5 nitrogen and oxygen atoms in total. The van der Waals surface area contributed by atoms with E-state index in [1.807, 2.05) is 32.0 Å². The van der Waals surface area contributed by atoms with Gasteiger partial charge in [-0.15, -0.1) is 10.2 Å². The van der Waals surface area contributed by atoms with Gasteiger partial charge in [-0.05, 0) is 74.9 Å². The van der Waals surface area contributed by atoms with Crippen LogP contribution in [0.1, 0.15) is 54.2 Å². The molecule has 5 heteroatoms. The smallest absolute Gasteiger partial charge is 0.276 e. The van der Waals surface area contributed by atoms with Crippen LogP contribution in [0, 0.1) is 13.8 Å². The van der Waals surface area contributed by atoms with E-state index in [0.717, 1.165) is 35.6 Å². The molecule has 25 heavy (non-hydrogen) atoms. The zero-order chi connectivity index (χ0) is 17.8. The van der Waals surface area contributed by atoms with Crippen LogP contribution in [0.2, 0.25) is 0 Å². The second-order valence-electron chi connectivity index (χ2n) is 6.86. The van der Waals surface area contributed by atoms with Crippen molar-refractivity contribution < 1.29 is 4.79 Å². The molecule has 1 amide bonds. The first-order valence-electron chi connectivity index (χ1n) is 9.07. The van der Waals surface area contributed by atoms with Crippen molar-refractivity contribution in [2.75, 3.05) is 16.8 Å². The minimum atomic E-state index is -0.227. The van der Waals surface area contributed by atoms with Gasteiger partial charge in [0.1, 0.15) is 0 Å². The van der Waals surface area contributed by atoms with Crippen molar-refractivity contribution in [1.82, 2.24) is 10.2 Å². The van der Waals surface area contributed by atoms with E-state index in [1.54, 1.807) is 6.07 Å². The van der Waals surface area contributed by atoms with Crippen molar-refractivity contribution >= 4 is 17.4 Å². The van der Waals surface area contributed by atoms with Crippen LogP contribution >= 0.6 is 0 Å². The maximum absolute atomic E-state index is 12.4. The molecule has 1 aromatic heterocycles. The Hall–Kier alpha value is -2.43. The topological polar surface area (TPSA) is 58.1 Å². The monoisotopic (exact) mass is 338 g/mol. The zero-order valence-corrected chi connectivity index (χ0v) is 15.2. The highest BCUT2D eigenvalue weighted by molar-refractivity contribution is 6.02. The Morgan fingerprint density at radius 3 is 2.56 bits per heavy atom. The lowest BCUT2D eigenvalue weighted by Crippen LogP contribution is -2.39. The van der Waals surface area contributed by atoms with Crippen LogP contribution < -0.4 is 10.2 Å². The third-order valence-corrected chi connectivity index (χ3v) is 4.76. The first-order chi connectivity index (χ1) is 12.1.